The third-order valence-electron chi connectivity index (χ3n) is 3.23. The minimum Gasteiger partial charge on any atom is -0.382 e. The molecule has 1 aromatic rings. The summed E-state index contributed by atoms with van der Waals surface area (Å²) in [6.07, 6.45) is 1.02. The van der Waals surface area contributed by atoms with Gasteiger partial charge in [0.05, 0.1) is 0 Å². The van der Waals surface area contributed by atoms with Crippen molar-refractivity contribution in [2.45, 2.75) is 31.2 Å². The SMILES string of the molecule is CN(C)S(=O)(=O)c1c(N)nsc1NC1CC1(C)C. The first kappa shape index (κ1) is 13.6. The maximum atomic E-state index is 12.2. The fourth-order valence-electron chi connectivity index (χ4n) is 1.69. The molecule has 1 unspecified atom stereocenters. The van der Waals surface area contributed by atoms with Crippen LogP contribution >= 0.6 is 11.5 Å². The molecule has 0 radical (unpaired) electrons. The van der Waals surface area contributed by atoms with E-state index in [1.807, 2.05) is 0 Å². The maximum absolute atomic E-state index is 12.2. The Balaban J connectivity index is 2.34. The lowest BCUT2D eigenvalue weighted by Gasteiger charge is -2.13. The zero-order chi connectivity index (χ0) is 13.7. The van der Waals surface area contributed by atoms with Crippen molar-refractivity contribution in [2.24, 2.45) is 5.41 Å². The summed E-state index contributed by atoms with van der Waals surface area (Å²) in [6.45, 7) is 4.27. The van der Waals surface area contributed by atoms with E-state index < -0.39 is 10.0 Å². The summed E-state index contributed by atoms with van der Waals surface area (Å²) in [4.78, 5) is 0.0974. The summed E-state index contributed by atoms with van der Waals surface area (Å²) in [5, 5.41) is 3.77. The summed E-state index contributed by atoms with van der Waals surface area (Å²) in [5.74, 6) is 0.0645. The first-order chi connectivity index (χ1) is 8.16. The largest absolute Gasteiger partial charge is 0.382 e. The van der Waals surface area contributed by atoms with E-state index in [0.717, 1.165) is 22.3 Å². The molecule has 6 nitrogen and oxygen atoms in total. The van der Waals surface area contributed by atoms with Gasteiger partial charge in [0.2, 0.25) is 10.0 Å². The molecule has 0 aliphatic heterocycles. The number of nitrogens with two attached hydrogens (primary N) is 1. The Kier molecular flexibility index (Phi) is 3.07. The van der Waals surface area contributed by atoms with Crippen LogP contribution in [-0.2, 0) is 10.0 Å². The quantitative estimate of drug-likeness (QED) is 0.869. The van der Waals surface area contributed by atoms with Crippen LogP contribution in [0.4, 0.5) is 10.8 Å². The first-order valence-corrected chi connectivity index (χ1v) is 7.82. The Labute approximate surface area is 111 Å². The lowest BCUT2D eigenvalue weighted by molar-refractivity contribution is 0.521. The Hall–Kier alpha value is -0.860. The van der Waals surface area contributed by atoms with Gasteiger partial charge < -0.3 is 11.1 Å². The highest BCUT2D eigenvalue weighted by Gasteiger charge is 2.46. The van der Waals surface area contributed by atoms with Gasteiger partial charge in [0.25, 0.3) is 0 Å². The third-order valence-corrected chi connectivity index (χ3v) is 6.04. The van der Waals surface area contributed by atoms with Gasteiger partial charge in [-0.15, -0.1) is 0 Å². The molecular formula is C10H18N4O2S2. The van der Waals surface area contributed by atoms with Gasteiger partial charge in [0.1, 0.15) is 5.00 Å². The second-order valence-electron chi connectivity index (χ2n) is 5.40. The lowest BCUT2D eigenvalue weighted by atomic mass is 10.2. The minimum atomic E-state index is -3.56. The van der Waals surface area contributed by atoms with Crippen molar-refractivity contribution in [3.05, 3.63) is 0 Å². The normalized spacial score (nSPS) is 22.2. The van der Waals surface area contributed by atoms with Crippen molar-refractivity contribution >= 4 is 32.4 Å². The molecule has 102 valence electrons. The zero-order valence-electron chi connectivity index (χ0n) is 10.9. The molecule has 2 rings (SSSR count). The number of hydrogen-bond donors (Lipinski definition) is 2. The van der Waals surface area contributed by atoms with Crippen molar-refractivity contribution in [2.75, 3.05) is 25.1 Å². The molecule has 1 heterocycles. The number of anilines is 2. The molecule has 0 saturated heterocycles. The van der Waals surface area contributed by atoms with E-state index >= 15 is 0 Å². The molecule has 8 heteroatoms. The average molecular weight is 290 g/mol. The fourth-order valence-corrected chi connectivity index (χ4v) is 3.81. The van der Waals surface area contributed by atoms with Crippen molar-refractivity contribution < 1.29 is 8.42 Å². The Morgan fingerprint density at radius 1 is 1.50 bits per heavy atom. The van der Waals surface area contributed by atoms with Gasteiger partial charge in [-0.3, -0.25) is 0 Å². The van der Waals surface area contributed by atoms with Crippen LogP contribution in [0.15, 0.2) is 4.90 Å². The molecule has 1 aliphatic rings. The van der Waals surface area contributed by atoms with Gasteiger partial charge in [-0.1, -0.05) is 13.8 Å². The summed E-state index contributed by atoms with van der Waals surface area (Å²) in [7, 11) is -0.589. The van der Waals surface area contributed by atoms with E-state index in [2.05, 4.69) is 23.5 Å². The predicted molar refractivity (Wildman–Crippen MR) is 73.2 cm³/mol. The molecule has 1 saturated carbocycles. The summed E-state index contributed by atoms with van der Waals surface area (Å²) in [6, 6.07) is 0.286. The van der Waals surface area contributed by atoms with Gasteiger partial charge >= 0.3 is 0 Å². The summed E-state index contributed by atoms with van der Waals surface area (Å²) >= 11 is 1.10. The molecule has 0 bridgehead atoms. The molecule has 1 aromatic heterocycles. The van der Waals surface area contributed by atoms with E-state index in [1.54, 1.807) is 0 Å². The summed E-state index contributed by atoms with van der Waals surface area (Å²) < 4.78 is 29.4. The second kappa shape index (κ2) is 4.07. The Morgan fingerprint density at radius 2 is 2.06 bits per heavy atom. The highest BCUT2D eigenvalue weighted by molar-refractivity contribution is 7.89. The van der Waals surface area contributed by atoms with Crippen LogP contribution in [0, 0.1) is 5.41 Å². The summed E-state index contributed by atoms with van der Waals surface area (Å²) in [5.41, 5.74) is 5.89. The van der Waals surface area contributed by atoms with Gasteiger partial charge in [0, 0.05) is 20.1 Å². The molecular weight excluding hydrogens is 272 g/mol. The number of nitrogen functional groups attached to an aromatic ring is 1. The van der Waals surface area contributed by atoms with Crippen molar-refractivity contribution in [1.82, 2.24) is 8.68 Å². The van der Waals surface area contributed by atoms with Crippen LogP contribution in [0.2, 0.25) is 0 Å². The predicted octanol–water partition coefficient (Wildman–Crippen LogP) is 1.19. The van der Waals surface area contributed by atoms with E-state index in [-0.39, 0.29) is 22.2 Å². The highest BCUT2D eigenvalue weighted by Crippen LogP contribution is 2.48. The van der Waals surface area contributed by atoms with Crippen LogP contribution < -0.4 is 11.1 Å². The van der Waals surface area contributed by atoms with E-state index in [9.17, 15) is 8.42 Å². The van der Waals surface area contributed by atoms with Crippen LogP contribution in [0.25, 0.3) is 0 Å². The standard InChI is InChI=1S/C10H18N4O2S2/c1-10(2)5-6(10)12-9-7(8(11)13-17-9)18(15,16)14(3)4/h6,12H,5H2,1-4H3,(H2,11,13). The van der Waals surface area contributed by atoms with E-state index in [4.69, 9.17) is 5.73 Å². The van der Waals surface area contributed by atoms with Gasteiger partial charge in [0.15, 0.2) is 10.7 Å². The molecule has 0 spiro atoms. The number of hydrogen-bond acceptors (Lipinski definition) is 6. The van der Waals surface area contributed by atoms with Crippen LogP contribution in [0.3, 0.4) is 0 Å². The maximum Gasteiger partial charge on any atom is 0.249 e. The smallest absolute Gasteiger partial charge is 0.249 e. The number of nitrogens with one attached hydrogen (secondary N) is 1. The van der Waals surface area contributed by atoms with Crippen molar-refractivity contribution in [3.63, 3.8) is 0 Å². The molecule has 1 aliphatic carbocycles. The lowest BCUT2D eigenvalue weighted by Crippen LogP contribution is -2.24. The zero-order valence-corrected chi connectivity index (χ0v) is 12.5. The molecule has 1 fully saturated rings. The minimum absolute atomic E-state index is 0.0645. The molecule has 0 amide bonds. The van der Waals surface area contributed by atoms with Crippen LogP contribution in [0.1, 0.15) is 20.3 Å². The monoisotopic (exact) mass is 290 g/mol. The average Bonchev–Trinajstić information content (AvgIpc) is 2.65. The van der Waals surface area contributed by atoms with Gasteiger partial charge in [-0.25, -0.2) is 12.7 Å². The number of nitrogens with zero attached hydrogens (tertiary/aromatic N) is 2. The van der Waals surface area contributed by atoms with Gasteiger partial charge in [-0.2, -0.15) is 4.37 Å². The first-order valence-electron chi connectivity index (χ1n) is 5.60. The van der Waals surface area contributed by atoms with E-state index in [0.29, 0.717) is 5.00 Å². The molecule has 3 N–H and O–H groups in total. The second-order valence-corrected chi connectivity index (χ2v) is 8.27. The Morgan fingerprint density at radius 3 is 2.50 bits per heavy atom. The Bertz CT molecular complexity index is 562. The number of aromatic nitrogens is 1. The number of rotatable bonds is 4. The van der Waals surface area contributed by atoms with Crippen LogP contribution in [0.5, 0.6) is 0 Å². The number of sulfonamides is 1. The molecule has 0 aromatic carbocycles. The van der Waals surface area contributed by atoms with Crippen molar-refractivity contribution in [1.29, 1.82) is 0 Å². The topological polar surface area (TPSA) is 88.3 Å². The third kappa shape index (κ3) is 2.19. The molecule has 1 atom stereocenters. The highest BCUT2D eigenvalue weighted by atomic mass is 32.2. The fraction of sp³-hybridized carbons (Fsp3) is 0.700. The van der Waals surface area contributed by atoms with E-state index in [1.165, 1.54) is 14.1 Å². The van der Waals surface area contributed by atoms with Crippen molar-refractivity contribution in [3.8, 4) is 0 Å². The van der Waals surface area contributed by atoms with Crippen LogP contribution in [-0.4, -0.2) is 37.2 Å². The molecule has 18 heavy (non-hydrogen) atoms. The van der Waals surface area contributed by atoms with Gasteiger partial charge in [-0.05, 0) is 23.4 Å².